The van der Waals surface area contributed by atoms with E-state index in [1.54, 1.807) is 4.90 Å². The highest BCUT2D eigenvalue weighted by molar-refractivity contribution is 5.91. The van der Waals surface area contributed by atoms with Crippen molar-refractivity contribution in [1.29, 1.82) is 0 Å². The molecule has 1 N–H and O–H groups in total. The van der Waals surface area contributed by atoms with E-state index in [0.29, 0.717) is 12.5 Å². The minimum Gasteiger partial charge on any atom is -0.338 e. The Morgan fingerprint density at radius 1 is 1.29 bits per heavy atom. The van der Waals surface area contributed by atoms with E-state index in [1.165, 1.54) is 0 Å². The van der Waals surface area contributed by atoms with Crippen molar-refractivity contribution < 1.29 is 4.79 Å². The minimum atomic E-state index is -0.0145. The molecule has 0 aliphatic rings. The first kappa shape index (κ1) is 13.6. The highest BCUT2D eigenvalue weighted by Crippen LogP contribution is 2.12. The van der Waals surface area contributed by atoms with Crippen LogP contribution in [0.25, 0.3) is 0 Å². The first-order chi connectivity index (χ1) is 8.15. The molecule has 0 fully saturated rings. The first-order valence-corrected chi connectivity index (χ1v) is 6.25. The van der Waals surface area contributed by atoms with E-state index in [9.17, 15) is 4.79 Å². The average Bonchev–Trinajstić information content (AvgIpc) is 2.31. The van der Waals surface area contributed by atoms with Crippen LogP contribution in [-0.2, 0) is 0 Å². The number of nitrogens with zero attached hydrogens (tertiary/aromatic N) is 1. The van der Waals surface area contributed by atoms with Gasteiger partial charge in [-0.05, 0) is 31.4 Å². The zero-order valence-corrected chi connectivity index (χ0v) is 10.9. The molecule has 0 aliphatic carbocycles. The van der Waals surface area contributed by atoms with Gasteiger partial charge in [-0.2, -0.15) is 0 Å². The van der Waals surface area contributed by atoms with Crippen LogP contribution in [0.3, 0.4) is 0 Å². The Bertz CT molecular complexity index is 335. The molecule has 0 radical (unpaired) electrons. The number of amides is 2. The van der Waals surface area contributed by atoms with E-state index in [-0.39, 0.29) is 6.03 Å². The molecule has 1 aromatic rings. The number of nitrogens with one attached hydrogen (secondary N) is 1. The number of carbonyl (C=O) groups is 1. The maximum Gasteiger partial charge on any atom is 0.321 e. The predicted octanol–water partition coefficient (Wildman–Crippen LogP) is 3.27. The van der Waals surface area contributed by atoms with Gasteiger partial charge in [0.05, 0.1) is 0 Å². The van der Waals surface area contributed by atoms with Crippen molar-refractivity contribution in [3.05, 3.63) is 30.3 Å². The number of hydrogen-bond acceptors (Lipinski definition) is 1. The minimum absolute atomic E-state index is 0.0145. The zero-order chi connectivity index (χ0) is 12.7. The molecule has 17 heavy (non-hydrogen) atoms. The summed E-state index contributed by atoms with van der Waals surface area (Å²) < 4.78 is 0. The van der Waals surface area contributed by atoms with Crippen LogP contribution in [0.5, 0.6) is 0 Å². The van der Waals surface area contributed by atoms with Crippen LogP contribution >= 0.6 is 0 Å². The SMILES string of the molecule is CCN(C(=O)NCCC(C)C)c1ccccc1. The topological polar surface area (TPSA) is 32.3 Å². The summed E-state index contributed by atoms with van der Waals surface area (Å²) in [6.45, 7) is 7.70. The fourth-order valence-corrected chi connectivity index (χ4v) is 1.61. The maximum atomic E-state index is 12.0. The number of benzene rings is 1. The van der Waals surface area contributed by atoms with Crippen molar-refractivity contribution in [2.75, 3.05) is 18.0 Å². The Morgan fingerprint density at radius 2 is 1.94 bits per heavy atom. The van der Waals surface area contributed by atoms with Gasteiger partial charge in [0.15, 0.2) is 0 Å². The van der Waals surface area contributed by atoms with Gasteiger partial charge in [-0.1, -0.05) is 32.0 Å². The van der Waals surface area contributed by atoms with Crippen molar-refractivity contribution in [1.82, 2.24) is 5.32 Å². The van der Waals surface area contributed by atoms with Crippen LogP contribution in [0.1, 0.15) is 27.2 Å². The van der Waals surface area contributed by atoms with Gasteiger partial charge in [0.25, 0.3) is 0 Å². The molecule has 94 valence electrons. The molecule has 0 spiro atoms. The van der Waals surface area contributed by atoms with Crippen molar-refractivity contribution in [3.63, 3.8) is 0 Å². The van der Waals surface area contributed by atoms with Crippen LogP contribution in [0, 0.1) is 5.92 Å². The molecular formula is C14H22N2O. The summed E-state index contributed by atoms with van der Waals surface area (Å²) in [6, 6.07) is 9.73. The van der Waals surface area contributed by atoms with E-state index in [0.717, 1.165) is 18.7 Å². The molecule has 1 rings (SSSR count). The number of rotatable bonds is 5. The lowest BCUT2D eigenvalue weighted by atomic mass is 10.1. The summed E-state index contributed by atoms with van der Waals surface area (Å²) in [5.41, 5.74) is 0.942. The molecular weight excluding hydrogens is 212 g/mol. The fraction of sp³-hybridized carbons (Fsp3) is 0.500. The summed E-state index contributed by atoms with van der Waals surface area (Å²) in [6.07, 6.45) is 1.01. The maximum absolute atomic E-state index is 12.0. The van der Waals surface area contributed by atoms with E-state index < -0.39 is 0 Å². The summed E-state index contributed by atoms with van der Waals surface area (Å²) in [5, 5.41) is 2.95. The van der Waals surface area contributed by atoms with Crippen molar-refractivity contribution in [2.24, 2.45) is 5.92 Å². The third-order valence-corrected chi connectivity index (χ3v) is 2.63. The average molecular weight is 234 g/mol. The molecule has 0 saturated heterocycles. The Hall–Kier alpha value is -1.51. The Balaban J connectivity index is 2.53. The van der Waals surface area contributed by atoms with Crippen molar-refractivity contribution in [3.8, 4) is 0 Å². The summed E-state index contributed by atoms with van der Waals surface area (Å²) in [4.78, 5) is 13.7. The highest BCUT2D eigenvalue weighted by Gasteiger charge is 2.12. The number of carbonyl (C=O) groups excluding carboxylic acids is 1. The summed E-state index contributed by atoms with van der Waals surface area (Å²) in [5.74, 6) is 0.613. The van der Waals surface area contributed by atoms with E-state index in [4.69, 9.17) is 0 Å². The van der Waals surface area contributed by atoms with E-state index in [1.807, 2.05) is 37.3 Å². The lowest BCUT2D eigenvalue weighted by molar-refractivity contribution is 0.246. The van der Waals surface area contributed by atoms with Gasteiger partial charge in [-0.3, -0.25) is 4.90 Å². The molecule has 0 aromatic heterocycles. The molecule has 0 atom stereocenters. The molecule has 2 amide bonds. The Morgan fingerprint density at radius 3 is 2.47 bits per heavy atom. The lowest BCUT2D eigenvalue weighted by Gasteiger charge is -2.21. The number of hydrogen-bond donors (Lipinski definition) is 1. The largest absolute Gasteiger partial charge is 0.338 e. The van der Waals surface area contributed by atoms with Crippen LogP contribution < -0.4 is 10.2 Å². The third kappa shape index (κ3) is 4.47. The van der Waals surface area contributed by atoms with Crippen molar-refractivity contribution in [2.45, 2.75) is 27.2 Å². The smallest absolute Gasteiger partial charge is 0.321 e. The molecule has 0 aliphatic heterocycles. The molecule has 0 heterocycles. The Kier molecular flexibility index (Phi) is 5.53. The van der Waals surface area contributed by atoms with Crippen LogP contribution in [0.2, 0.25) is 0 Å². The van der Waals surface area contributed by atoms with Crippen LogP contribution in [0.4, 0.5) is 10.5 Å². The van der Waals surface area contributed by atoms with Gasteiger partial charge in [0.1, 0.15) is 0 Å². The second-order valence-electron chi connectivity index (χ2n) is 4.49. The van der Waals surface area contributed by atoms with Crippen molar-refractivity contribution >= 4 is 11.7 Å². The Labute approximate surface area is 104 Å². The fourth-order valence-electron chi connectivity index (χ4n) is 1.61. The lowest BCUT2D eigenvalue weighted by Crippen LogP contribution is -2.40. The second kappa shape index (κ2) is 6.94. The van der Waals surface area contributed by atoms with Gasteiger partial charge < -0.3 is 5.32 Å². The van der Waals surface area contributed by atoms with E-state index >= 15 is 0 Å². The van der Waals surface area contributed by atoms with E-state index in [2.05, 4.69) is 19.2 Å². The predicted molar refractivity (Wildman–Crippen MR) is 72.3 cm³/mol. The van der Waals surface area contributed by atoms with Gasteiger partial charge in [0.2, 0.25) is 0 Å². The van der Waals surface area contributed by atoms with Gasteiger partial charge in [-0.15, -0.1) is 0 Å². The molecule has 0 saturated carbocycles. The molecule has 0 unspecified atom stereocenters. The number of urea groups is 1. The normalized spacial score (nSPS) is 10.4. The molecule has 0 bridgehead atoms. The standard InChI is InChI=1S/C14H22N2O/c1-4-16(13-8-6-5-7-9-13)14(17)15-11-10-12(2)3/h5-9,12H,4,10-11H2,1-3H3,(H,15,17). The second-order valence-corrected chi connectivity index (χ2v) is 4.49. The molecule has 3 nitrogen and oxygen atoms in total. The number of para-hydroxylation sites is 1. The zero-order valence-electron chi connectivity index (χ0n) is 10.9. The van der Waals surface area contributed by atoms with Gasteiger partial charge >= 0.3 is 6.03 Å². The first-order valence-electron chi connectivity index (χ1n) is 6.25. The summed E-state index contributed by atoms with van der Waals surface area (Å²) >= 11 is 0. The number of anilines is 1. The third-order valence-electron chi connectivity index (χ3n) is 2.63. The van der Waals surface area contributed by atoms with Crippen LogP contribution in [0.15, 0.2) is 30.3 Å². The van der Waals surface area contributed by atoms with Crippen LogP contribution in [-0.4, -0.2) is 19.1 Å². The van der Waals surface area contributed by atoms with Gasteiger partial charge in [-0.25, -0.2) is 4.79 Å². The van der Waals surface area contributed by atoms with Gasteiger partial charge in [0, 0.05) is 18.8 Å². The quantitative estimate of drug-likeness (QED) is 0.833. The molecule has 3 heteroatoms. The molecule has 1 aromatic carbocycles. The summed E-state index contributed by atoms with van der Waals surface area (Å²) in [7, 11) is 0. The highest BCUT2D eigenvalue weighted by atomic mass is 16.2. The monoisotopic (exact) mass is 234 g/mol.